The fourth-order valence-electron chi connectivity index (χ4n) is 7.66. The molecule has 0 saturated carbocycles. The first-order valence-corrected chi connectivity index (χ1v) is 18.9. The minimum absolute atomic E-state index is 0.0579. The van der Waals surface area contributed by atoms with E-state index in [0.717, 1.165) is 81.8 Å². The van der Waals surface area contributed by atoms with Gasteiger partial charge in [-0.3, -0.25) is 4.99 Å². The summed E-state index contributed by atoms with van der Waals surface area (Å²) in [4.78, 5) is 10.3. The molecule has 10 aromatic rings. The molecule has 0 aliphatic carbocycles. The third kappa shape index (κ3) is 5.21. The highest BCUT2D eigenvalue weighted by molar-refractivity contribution is 7.21. The zero-order valence-electron chi connectivity index (χ0n) is 30.0. The molecule has 7 aromatic carbocycles. The van der Waals surface area contributed by atoms with Crippen LogP contribution in [0.15, 0.2) is 155 Å². The summed E-state index contributed by atoms with van der Waals surface area (Å²) in [6.07, 6.45) is 1.75. The van der Waals surface area contributed by atoms with Crippen molar-refractivity contribution in [1.82, 2.24) is 9.55 Å². The van der Waals surface area contributed by atoms with E-state index in [1.165, 1.54) is 10.8 Å². The molecule has 10 rings (SSSR count). The van der Waals surface area contributed by atoms with Gasteiger partial charge in [0.1, 0.15) is 21.9 Å². The topological polar surface area (TPSA) is 63.6 Å². The molecule has 0 saturated heterocycles. The van der Waals surface area contributed by atoms with Crippen molar-refractivity contribution < 1.29 is 9.52 Å². The van der Waals surface area contributed by atoms with E-state index in [2.05, 4.69) is 122 Å². The molecule has 0 fully saturated rings. The van der Waals surface area contributed by atoms with Gasteiger partial charge in [0.05, 0.1) is 26.9 Å². The van der Waals surface area contributed by atoms with E-state index >= 15 is 0 Å². The van der Waals surface area contributed by atoms with Gasteiger partial charge in [0.25, 0.3) is 0 Å². The van der Waals surface area contributed by atoms with Gasteiger partial charge < -0.3 is 14.1 Å². The highest BCUT2D eigenvalue weighted by atomic mass is 32.1. The molecule has 1 N–H and O–H groups in total. The van der Waals surface area contributed by atoms with Crippen LogP contribution in [0.3, 0.4) is 0 Å². The number of aromatic nitrogens is 2. The number of fused-ring (bicyclic) bond motifs is 7. The Balaban J connectivity index is 1.20. The molecule has 0 aliphatic rings. The Morgan fingerprint density at radius 2 is 1.33 bits per heavy atom. The van der Waals surface area contributed by atoms with Gasteiger partial charge in [-0.15, -0.1) is 11.3 Å². The average molecular weight is 718 g/mol. The van der Waals surface area contributed by atoms with E-state index in [1.807, 2.05) is 42.5 Å². The van der Waals surface area contributed by atoms with Gasteiger partial charge in [0, 0.05) is 55.7 Å². The lowest BCUT2D eigenvalue weighted by atomic mass is 9.86. The van der Waals surface area contributed by atoms with Crippen molar-refractivity contribution in [3.63, 3.8) is 0 Å². The first kappa shape index (κ1) is 32.2. The van der Waals surface area contributed by atoms with E-state index in [0.29, 0.717) is 5.56 Å². The lowest BCUT2D eigenvalue weighted by Gasteiger charge is -2.19. The smallest absolute Gasteiger partial charge is 0.143 e. The number of phenols is 1. The molecule has 0 bridgehead atoms. The van der Waals surface area contributed by atoms with E-state index in [-0.39, 0.29) is 11.2 Å². The third-order valence-corrected chi connectivity index (χ3v) is 11.4. The predicted octanol–water partition coefficient (Wildman–Crippen LogP) is 13.4. The molecule has 3 aromatic heterocycles. The molecule has 54 heavy (non-hydrogen) atoms. The van der Waals surface area contributed by atoms with Gasteiger partial charge in [-0.1, -0.05) is 112 Å². The second-order valence-corrected chi connectivity index (χ2v) is 15.8. The maximum atomic E-state index is 10.7. The summed E-state index contributed by atoms with van der Waals surface area (Å²) >= 11 is 1.66. The van der Waals surface area contributed by atoms with Crippen molar-refractivity contribution in [1.29, 1.82) is 0 Å². The number of phenolic OH excluding ortho intramolecular Hbond substituents is 1. The van der Waals surface area contributed by atoms with Crippen LogP contribution < -0.4 is 0 Å². The normalized spacial score (nSPS) is 12.4. The molecule has 3 heterocycles. The lowest BCUT2D eigenvalue weighted by Crippen LogP contribution is -2.11. The van der Waals surface area contributed by atoms with Crippen LogP contribution in [0.1, 0.15) is 31.9 Å². The van der Waals surface area contributed by atoms with Crippen molar-refractivity contribution in [3.05, 3.63) is 157 Å². The van der Waals surface area contributed by atoms with Gasteiger partial charge >= 0.3 is 0 Å². The van der Waals surface area contributed by atoms with Crippen molar-refractivity contribution in [2.75, 3.05) is 0 Å². The first-order chi connectivity index (χ1) is 26.3. The van der Waals surface area contributed by atoms with E-state index in [1.54, 1.807) is 23.6 Å². The standard InChI is InChI=1S/C48H35N3O2S/c1-48(2,3)30-23-24-42(52)29(25-30)28-49-39-19-8-4-16-37(39)47-50-45-38(36-18-12-17-35-34-15-7-11-22-43(34)53-46(35)36)26-31(27-44(45)54-47)51-40-20-9-5-13-32(40)33-14-6-10-21-41(33)51/h4-28,52H,1-3H3. The minimum atomic E-state index is -0.0579. The number of para-hydroxylation sites is 5. The van der Waals surface area contributed by atoms with Crippen LogP contribution >= 0.6 is 11.3 Å². The van der Waals surface area contributed by atoms with E-state index in [9.17, 15) is 5.11 Å². The van der Waals surface area contributed by atoms with Crippen molar-refractivity contribution in [3.8, 4) is 33.1 Å². The number of benzene rings is 7. The summed E-state index contributed by atoms with van der Waals surface area (Å²) in [5, 5.41) is 16.2. The van der Waals surface area contributed by atoms with Crippen molar-refractivity contribution in [2.45, 2.75) is 26.2 Å². The van der Waals surface area contributed by atoms with Crippen molar-refractivity contribution in [2.24, 2.45) is 4.99 Å². The van der Waals surface area contributed by atoms with Crippen LogP contribution in [0, 0.1) is 0 Å². The SMILES string of the molecule is CC(C)(C)c1ccc(O)c(C=Nc2ccccc2-c2nc3c(-c4cccc5c4oc4ccccc45)cc(-n4c5ccccc5c5ccccc54)cc3s2)c1. The predicted molar refractivity (Wildman–Crippen MR) is 226 cm³/mol. The first-order valence-electron chi connectivity index (χ1n) is 18.1. The second kappa shape index (κ2) is 12.3. The summed E-state index contributed by atoms with van der Waals surface area (Å²) in [5.74, 6) is 0.200. The molecule has 260 valence electrons. The number of hydrogen-bond donors (Lipinski definition) is 1. The second-order valence-electron chi connectivity index (χ2n) is 14.8. The number of aromatic hydroxyl groups is 1. The van der Waals surface area contributed by atoms with Gasteiger partial charge in [-0.05, 0) is 65.6 Å². The van der Waals surface area contributed by atoms with Gasteiger partial charge in [0.2, 0.25) is 0 Å². The van der Waals surface area contributed by atoms with E-state index < -0.39 is 0 Å². The molecule has 0 radical (unpaired) electrons. The fraction of sp³-hybridized carbons (Fsp3) is 0.0833. The Morgan fingerprint density at radius 1 is 0.667 bits per heavy atom. The summed E-state index contributed by atoms with van der Waals surface area (Å²) in [7, 11) is 0. The molecule has 6 heteroatoms. The van der Waals surface area contributed by atoms with Gasteiger partial charge in [-0.25, -0.2) is 4.98 Å². The van der Waals surface area contributed by atoms with Crippen LogP contribution in [0.4, 0.5) is 5.69 Å². The van der Waals surface area contributed by atoms with Gasteiger partial charge in [0.15, 0.2) is 0 Å². The molecule has 5 nitrogen and oxygen atoms in total. The summed E-state index contributed by atoms with van der Waals surface area (Å²) in [5.41, 5.74) is 11.4. The summed E-state index contributed by atoms with van der Waals surface area (Å²) in [6, 6.07) is 50.2. The fourth-order valence-corrected chi connectivity index (χ4v) is 8.71. The van der Waals surface area contributed by atoms with Crippen LogP contribution in [0.5, 0.6) is 5.75 Å². The number of nitrogens with zero attached hydrogens (tertiary/aromatic N) is 3. The number of thiazole rings is 1. The molecule has 0 aliphatic heterocycles. The maximum Gasteiger partial charge on any atom is 0.143 e. The maximum absolute atomic E-state index is 10.7. The number of hydrogen-bond acceptors (Lipinski definition) is 5. The van der Waals surface area contributed by atoms with E-state index in [4.69, 9.17) is 14.4 Å². The highest BCUT2D eigenvalue weighted by Crippen LogP contribution is 2.44. The average Bonchev–Trinajstić information content (AvgIpc) is 3.89. The molecule has 0 unspecified atom stereocenters. The molecular formula is C48H35N3O2S. The zero-order valence-corrected chi connectivity index (χ0v) is 30.9. The Bertz CT molecular complexity index is 3070. The van der Waals surface area contributed by atoms with Crippen LogP contribution in [0.2, 0.25) is 0 Å². The zero-order chi connectivity index (χ0) is 36.6. The molecule has 0 atom stereocenters. The summed E-state index contributed by atoms with van der Waals surface area (Å²) in [6.45, 7) is 6.50. The Morgan fingerprint density at radius 3 is 2.11 bits per heavy atom. The number of aliphatic imine (C=N–C) groups is 1. The number of furan rings is 1. The lowest BCUT2D eigenvalue weighted by molar-refractivity contribution is 0.473. The highest BCUT2D eigenvalue weighted by Gasteiger charge is 2.21. The monoisotopic (exact) mass is 717 g/mol. The van der Waals surface area contributed by atoms with Crippen molar-refractivity contribution >= 4 is 77.2 Å². The Labute approximate surface area is 316 Å². The largest absolute Gasteiger partial charge is 0.507 e. The van der Waals surface area contributed by atoms with Gasteiger partial charge in [-0.2, -0.15) is 0 Å². The Kier molecular flexibility index (Phi) is 7.32. The summed E-state index contributed by atoms with van der Waals surface area (Å²) < 4.78 is 10.0. The molecule has 0 amide bonds. The quantitative estimate of drug-likeness (QED) is 0.180. The molecular weight excluding hydrogens is 683 g/mol. The molecule has 0 spiro atoms. The van der Waals surface area contributed by atoms with Crippen LogP contribution in [0.25, 0.3) is 81.3 Å². The number of rotatable bonds is 5. The van der Waals surface area contributed by atoms with Crippen LogP contribution in [-0.2, 0) is 5.41 Å². The van der Waals surface area contributed by atoms with Crippen LogP contribution in [-0.4, -0.2) is 20.9 Å². The third-order valence-electron chi connectivity index (χ3n) is 10.4. The Hall–Kier alpha value is -6.50. The minimum Gasteiger partial charge on any atom is -0.507 e.